The van der Waals surface area contributed by atoms with Crippen molar-refractivity contribution in [2.24, 2.45) is 0 Å². The molecule has 1 aromatic rings. The first-order valence-corrected chi connectivity index (χ1v) is 7.36. The van der Waals surface area contributed by atoms with E-state index in [2.05, 4.69) is 24.0 Å². The minimum Gasteiger partial charge on any atom is -0.496 e. The highest BCUT2D eigenvalue weighted by atomic mass is 16.5. The minimum atomic E-state index is 0.549. The van der Waals surface area contributed by atoms with E-state index in [0.29, 0.717) is 6.04 Å². The van der Waals surface area contributed by atoms with Crippen LogP contribution in [0.15, 0.2) is 24.8 Å². The molecule has 1 atom stereocenters. The van der Waals surface area contributed by atoms with E-state index in [-0.39, 0.29) is 0 Å². The summed E-state index contributed by atoms with van der Waals surface area (Å²) in [7, 11) is 3.45. The van der Waals surface area contributed by atoms with Gasteiger partial charge < -0.3 is 14.8 Å². The molecule has 0 radical (unpaired) electrons. The lowest BCUT2D eigenvalue weighted by molar-refractivity contribution is 0.376. The highest BCUT2D eigenvalue weighted by Crippen LogP contribution is 2.31. The topological polar surface area (TPSA) is 30.5 Å². The average molecular weight is 275 g/mol. The monoisotopic (exact) mass is 275 g/mol. The van der Waals surface area contributed by atoms with Gasteiger partial charge in [-0.1, -0.05) is 12.5 Å². The third kappa shape index (κ3) is 3.54. The van der Waals surface area contributed by atoms with Crippen LogP contribution in [0.2, 0.25) is 0 Å². The summed E-state index contributed by atoms with van der Waals surface area (Å²) in [4.78, 5) is 0. The summed E-state index contributed by atoms with van der Waals surface area (Å²) in [5, 5.41) is 3.58. The van der Waals surface area contributed by atoms with Gasteiger partial charge in [0.1, 0.15) is 11.5 Å². The van der Waals surface area contributed by atoms with Crippen molar-refractivity contribution in [3.8, 4) is 11.5 Å². The van der Waals surface area contributed by atoms with Gasteiger partial charge in [-0.15, -0.1) is 6.58 Å². The Kier molecular flexibility index (Phi) is 5.48. The Morgan fingerprint density at radius 1 is 1.20 bits per heavy atom. The fourth-order valence-electron chi connectivity index (χ4n) is 2.86. The predicted molar refractivity (Wildman–Crippen MR) is 82.8 cm³/mol. The van der Waals surface area contributed by atoms with E-state index in [1.54, 1.807) is 14.2 Å². The molecule has 1 aromatic carbocycles. The zero-order valence-electron chi connectivity index (χ0n) is 12.6. The van der Waals surface area contributed by atoms with E-state index in [4.69, 9.17) is 9.47 Å². The summed E-state index contributed by atoms with van der Waals surface area (Å²) < 4.78 is 11.1. The van der Waals surface area contributed by atoms with Gasteiger partial charge in [-0.3, -0.25) is 0 Å². The SMILES string of the molecule is C=CCc1cc(OC)c(CC2CCCCN2)cc1OC. The van der Waals surface area contributed by atoms with Crippen LogP contribution in [0.5, 0.6) is 11.5 Å². The largest absolute Gasteiger partial charge is 0.496 e. The van der Waals surface area contributed by atoms with Crippen molar-refractivity contribution in [2.75, 3.05) is 20.8 Å². The molecule has 1 N–H and O–H groups in total. The molecule has 20 heavy (non-hydrogen) atoms. The number of ether oxygens (including phenoxy) is 2. The summed E-state index contributed by atoms with van der Waals surface area (Å²) >= 11 is 0. The molecule has 1 unspecified atom stereocenters. The van der Waals surface area contributed by atoms with Crippen LogP contribution in [-0.2, 0) is 12.8 Å². The molecule has 3 heteroatoms. The van der Waals surface area contributed by atoms with Gasteiger partial charge >= 0.3 is 0 Å². The van der Waals surface area contributed by atoms with Crippen LogP contribution in [0.4, 0.5) is 0 Å². The molecule has 0 amide bonds. The van der Waals surface area contributed by atoms with Crippen LogP contribution < -0.4 is 14.8 Å². The molecule has 1 fully saturated rings. The summed E-state index contributed by atoms with van der Waals surface area (Å²) in [5.41, 5.74) is 2.34. The van der Waals surface area contributed by atoms with Gasteiger partial charge in [0.2, 0.25) is 0 Å². The Balaban J connectivity index is 2.23. The number of benzene rings is 1. The van der Waals surface area contributed by atoms with E-state index >= 15 is 0 Å². The highest BCUT2D eigenvalue weighted by Gasteiger charge is 2.17. The van der Waals surface area contributed by atoms with Crippen molar-refractivity contribution in [2.45, 2.75) is 38.1 Å². The predicted octanol–water partition coefficient (Wildman–Crippen LogP) is 3.12. The maximum absolute atomic E-state index is 5.56. The van der Waals surface area contributed by atoms with Gasteiger partial charge in [0, 0.05) is 11.6 Å². The molecule has 1 saturated heterocycles. The summed E-state index contributed by atoms with van der Waals surface area (Å²) in [6.45, 7) is 4.92. The first-order valence-electron chi connectivity index (χ1n) is 7.36. The number of hydrogen-bond acceptors (Lipinski definition) is 3. The van der Waals surface area contributed by atoms with E-state index in [9.17, 15) is 0 Å². The molecule has 1 heterocycles. The summed E-state index contributed by atoms with van der Waals surface area (Å²) in [6, 6.07) is 4.75. The molecule has 3 nitrogen and oxygen atoms in total. The number of rotatable bonds is 6. The third-order valence-electron chi connectivity index (χ3n) is 3.93. The molecule has 0 aromatic heterocycles. The van der Waals surface area contributed by atoms with Gasteiger partial charge in [0.25, 0.3) is 0 Å². The van der Waals surface area contributed by atoms with Gasteiger partial charge in [-0.25, -0.2) is 0 Å². The maximum atomic E-state index is 5.56. The lowest BCUT2D eigenvalue weighted by Crippen LogP contribution is -2.35. The van der Waals surface area contributed by atoms with Crippen molar-refractivity contribution >= 4 is 0 Å². The smallest absolute Gasteiger partial charge is 0.122 e. The van der Waals surface area contributed by atoms with Gasteiger partial charge in [0.15, 0.2) is 0 Å². The summed E-state index contributed by atoms with van der Waals surface area (Å²) in [5.74, 6) is 1.88. The maximum Gasteiger partial charge on any atom is 0.122 e. The Hall–Kier alpha value is -1.48. The van der Waals surface area contributed by atoms with E-state index in [0.717, 1.165) is 36.4 Å². The zero-order valence-corrected chi connectivity index (χ0v) is 12.6. The second kappa shape index (κ2) is 7.34. The van der Waals surface area contributed by atoms with E-state index in [1.807, 2.05) is 6.08 Å². The molecule has 0 aliphatic carbocycles. The molecule has 0 spiro atoms. The number of nitrogens with one attached hydrogen (secondary N) is 1. The van der Waals surface area contributed by atoms with Crippen LogP contribution in [0, 0.1) is 0 Å². The Morgan fingerprint density at radius 3 is 2.50 bits per heavy atom. The second-order valence-electron chi connectivity index (χ2n) is 5.32. The van der Waals surface area contributed by atoms with Crippen molar-refractivity contribution in [3.63, 3.8) is 0 Å². The first-order chi connectivity index (χ1) is 9.78. The fourth-order valence-corrected chi connectivity index (χ4v) is 2.86. The lowest BCUT2D eigenvalue weighted by Gasteiger charge is -2.24. The van der Waals surface area contributed by atoms with E-state index in [1.165, 1.54) is 24.8 Å². The molecule has 0 saturated carbocycles. The van der Waals surface area contributed by atoms with Crippen molar-refractivity contribution in [1.29, 1.82) is 0 Å². The number of methoxy groups -OCH3 is 2. The Morgan fingerprint density at radius 2 is 1.90 bits per heavy atom. The Labute approximate surface area is 122 Å². The van der Waals surface area contributed by atoms with Gasteiger partial charge in [-0.05, 0) is 49.9 Å². The molecule has 0 bridgehead atoms. The second-order valence-corrected chi connectivity index (χ2v) is 5.32. The number of hydrogen-bond donors (Lipinski definition) is 1. The molecule has 110 valence electrons. The van der Waals surface area contributed by atoms with E-state index < -0.39 is 0 Å². The first kappa shape index (κ1) is 14.9. The molecule has 1 aliphatic rings. The van der Waals surface area contributed by atoms with Crippen molar-refractivity contribution < 1.29 is 9.47 Å². The lowest BCUT2D eigenvalue weighted by atomic mass is 9.95. The van der Waals surface area contributed by atoms with Gasteiger partial charge in [-0.2, -0.15) is 0 Å². The van der Waals surface area contributed by atoms with Crippen LogP contribution in [0.25, 0.3) is 0 Å². The third-order valence-corrected chi connectivity index (χ3v) is 3.93. The van der Waals surface area contributed by atoms with Crippen LogP contribution in [0.3, 0.4) is 0 Å². The number of piperidine rings is 1. The van der Waals surface area contributed by atoms with Gasteiger partial charge in [0.05, 0.1) is 14.2 Å². The van der Waals surface area contributed by atoms with Crippen molar-refractivity contribution in [1.82, 2.24) is 5.32 Å². The van der Waals surface area contributed by atoms with Crippen LogP contribution >= 0.6 is 0 Å². The molecule has 1 aliphatic heterocycles. The highest BCUT2D eigenvalue weighted by molar-refractivity contribution is 5.47. The number of allylic oxidation sites excluding steroid dienone is 1. The Bertz CT molecular complexity index is 451. The van der Waals surface area contributed by atoms with Crippen LogP contribution in [0.1, 0.15) is 30.4 Å². The quantitative estimate of drug-likeness (QED) is 0.809. The minimum absolute atomic E-state index is 0.549. The molecule has 2 rings (SSSR count). The van der Waals surface area contributed by atoms with Crippen LogP contribution in [-0.4, -0.2) is 26.8 Å². The standard InChI is InChI=1S/C17H25NO2/c1-4-7-13-11-17(20-3)14(12-16(13)19-2)10-15-8-5-6-9-18-15/h4,11-12,15,18H,1,5-10H2,2-3H3. The molecular formula is C17H25NO2. The normalized spacial score (nSPS) is 18.6. The molecular weight excluding hydrogens is 250 g/mol. The summed E-state index contributed by atoms with van der Waals surface area (Å²) in [6.07, 6.45) is 7.51. The van der Waals surface area contributed by atoms with Crippen molar-refractivity contribution in [3.05, 3.63) is 35.9 Å². The fraction of sp³-hybridized carbons (Fsp3) is 0.529. The zero-order chi connectivity index (χ0) is 14.4. The average Bonchev–Trinajstić information content (AvgIpc) is 2.49.